The standard InChI is InChI=1S/C16H14O4S2/c1-11(17)19-10-13(20-12(2)18)5-6-14-7-8-16(22-14)15-4-3-9-21-15/h3-4,7-9,13H,10H2,1-2H3/t13-/m0/s1. The van der Waals surface area contributed by atoms with Crippen LogP contribution in [0.5, 0.6) is 0 Å². The van der Waals surface area contributed by atoms with Crippen molar-refractivity contribution >= 4 is 34.6 Å². The van der Waals surface area contributed by atoms with E-state index in [-0.39, 0.29) is 6.61 Å². The molecule has 0 saturated heterocycles. The van der Waals surface area contributed by atoms with Crippen molar-refractivity contribution in [3.63, 3.8) is 0 Å². The van der Waals surface area contributed by atoms with Crippen LogP contribution in [0, 0.1) is 11.8 Å². The average molecular weight is 334 g/mol. The Morgan fingerprint density at radius 1 is 1.18 bits per heavy atom. The van der Waals surface area contributed by atoms with Crippen LogP contribution in [-0.4, -0.2) is 24.6 Å². The summed E-state index contributed by atoms with van der Waals surface area (Å²) in [6, 6.07) is 7.98. The second kappa shape index (κ2) is 7.78. The highest BCUT2D eigenvalue weighted by Crippen LogP contribution is 2.30. The van der Waals surface area contributed by atoms with E-state index in [1.54, 1.807) is 22.7 Å². The summed E-state index contributed by atoms with van der Waals surface area (Å²) < 4.78 is 9.86. The molecule has 0 fully saturated rings. The van der Waals surface area contributed by atoms with Gasteiger partial charge >= 0.3 is 11.9 Å². The van der Waals surface area contributed by atoms with Gasteiger partial charge in [0, 0.05) is 23.6 Å². The quantitative estimate of drug-likeness (QED) is 0.636. The Morgan fingerprint density at radius 2 is 2.00 bits per heavy atom. The zero-order valence-electron chi connectivity index (χ0n) is 12.1. The summed E-state index contributed by atoms with van der Waals surface area (Å²) in [6.45, 7) is 2.53. The Labute approximate surface area is 136 Å². The minimum atomic E-state index is -0.756. The van der Waals surface area contributed by atoms with Crippen molar-refractivity contribution in [3.05, 3.63) is 34.5 Å². The lowest BCUT2D eigenvalue weighted by atomic mass is 10.3. The molecule has 4 nitrogen and oxygen atoms in total. The minimum Gasteiger partial charge on any atom is -0.461 e. The van der Waals surface area contributed by atoms with Gasteiger partial charge in [0.2, 0.25) is 0 Å². The van der Waals surface area contributed by atoms with Crippen LogP contribution in [0.2, 0.25) is 0 Å². The van der Waals surface area contributed by atoms with E-state index < -0.39 is 18.0 Å². The van der Waals surface area contributed by atoms with Crippen LogP contribution in [0.25, 0.3) is 9.75 Å². The summed E-state index contributed by atoms with van der Waals surface area (Å²) in [5.41, 5.74) is 0. The summed E-state index contributed by atoms with van der Waals surface area (Å²) in [4.78, 5) is 25.1. The molecule has 0 aromatic carbocycles. The minimum absolute atomic E-state index is 0.0644. The highest BCUT2D eigenvalue weighted by molar-refractivity contribution is 7.21. The average Bonchev–Trinajstić information content (AvgIpc) is 3.11. The van der Waals surface area contributed by atoms with Gasteiger partial charge < -0.3 is 9.47 Å². The van der Waals surface area contributed by atoms with Crippen LogP contribution in [0.1, 0.15) is 18.7 Å². The van der Waals surface area contributed by atoms with Crippen LogP contribution >= 0.6 is 22.7 Å². The van der Waals surface area contributed by atoms with E-state index in [2.05, 4.69) is 17.9 Å². The molecule has 2 heterocycles. The van der Waals surface area contributed by atoms with Gasteiger partial charge in [0.05, 0.1) is 4.88 Å². The lowest BCUT2D eigenvalue weighted by Crippen LogP contribution is -2.22. The van der Waals surface area contributed by atoms with Crippen molar-refractivity contribution in [2.24, 2.45) is 0 Å². The summed E-state index contributed by atoms with van der Waals surface area (Å²) in [6.07, 6.45) is -0.756. The highest BCUT2D eigenvalue weighted by Gasteiger charge is 2.10. The molecular weight excluding hydrogens is 320 g/mol. The van der Waals surface area contributed by atoms with Crippen molar-refractivity contribution in [3.8, 4) is 21.6 Å². The van der Waals surface area contributed by atoms with E-state index in [0.717, 1.165) is 9.75 Å². The van der Waals surface area contributed by atoms with Gasteiger partial charge in [0.15, 0.2) is 6.10 Å². The predicted molar refractivity (Wildman–Crippen MR) is 86.7 cm³/mol. The first-order chi connectivity index (χ1) is 10.5. The number of thiophene rings is 2. The second-order valence-corrected chi connectivity index (χ2v) is 6.34. The normalized spacial score (nSPS) is 11.2. The van der Waals surface area contributed by atoms with Crippen molar-refractivity contribution in [1.29, 1.82) is 0 Å². The molecule has 0 radical (unpaired) electrons. The molecule has 114 valence electrons. The number of carbonyl (C=O) groups is 2. The van der Waals surface area contributed by atoms with Gasteiger partial charge in [-0.15, -0.1) is 22.7 Å². The number of hydrogen-bond donors (Lipinski definition) is 0. The van der Waals surface area contributed by atoms with Crippen molar-refractivity contribution in [1.82, 2.24) is 0 Å². The van der Waals surface area contributed by atoms with Gasteiger partial charge in [-0.1, -0.05) is 12.0 Å². The molecule has 0 unspecified atom stereocenters. The molecular formula is C16H14O4S2. The SMILES string of the molecule is CC(=O)OC[C@H](C#Cc1ccc(-c2cccs2)s1)OC(C)=O. The third-order valence-electron chi connectivity index (χ3n) is 2.47. The van der Waals surface area contributed by atoms with Crippen molar-refractivity contribution in [2.75, 3.05) is 6.61 Å². The monoisotopic (exact) mass is 334 g/mol. The maximum atomic E-state index is 11.0. The van der Waals surface area contributed by atoms with E-state index in [4.69, 9.17) is 9.47 Å². The van der Waals surface area contributed by atoms with Crippen LogP contribution in [0.4, 0.5) is 0 Å². The Morgan fingerprint density at radius 3 is 2.64 bits per heavy atom. The molecule has 0 bridgehead atoms. The zero-order valence-corrected chi connectivity index (χ0v) is 13.8. The maximum absolute atomic E-state index is 11.0. The van der Waals surface area contributed by atoms with E-state index in [9.17, 15) is 9.59 Å². The van der Waals surface area contributed by atoms with Gasteiger partial charge in [0.1, 0.15) is 6.61 Å². The van der Waals surface area contributed by atoms with E-state index >= 15 is 0 Å². The van der Waals surface area contributed by atoms with Crippen LogP contribution in [0.3, 0.4) is 0 Å². The fourth-order valence-electron chi connectivity index (χ4n) is 1.61. The van der Waals surface area contributed by atoms with E-state index in [1.807, 2.05) is 23.6 Å². The zero-order chi connectivity index (χ0) is 15.9. The lowest BCUT2D eigenvalue weighted by Gasteiger charge is -2.10. The van der Waals surface area contributed by atoms with Gasteiger partial charge in [-0.3, -0.25) is 9.59 Å². The summed E-state index contributed by atoms with van der Waals surface area (Å²) in [7, 11) is 0. The maximum Gasteiger partial charge on any atom is 0.303 e. The summed E-state index contributed by atoms with van der Waals surface area (Å²) in [5.74, 6) is 4.89. The van der Waals surface area contributed by atoms with Crippen molar-refractivity contribution in [2.45, 2.75) is 20.0 Å². The Kier molecular flexibility index (Phi) is 5.75. The van der Waals surface area contributed by atoms with Crippen LogP contribution < -0.4 is 0 Å². The molecule has 0 spiro atoms. The molecule has 0 aliphatic heterocycles. The second-order valence-electron chi connectivity index (χ2n) is 4.31. The molecule has 0 aliphatic rings. The Hall–Kier alpha value is -2.10. The summed E-state index contributed by atoms with van der Waals surface area (Å²) >= 11 is 3.23. The predicted octanol–water partition coefficient (Wildman–Crippen LogP) is 3.32. The molecule has 1 atom stereocenters. The van der Waals surface area contributed by atoms with Gasteiger partial charge in [0.25, 0.3) is 0 Å². The number of esters is 2. The first-order valence-electron chi connectivity index (χ1n) is 6.50. The highest BCUT2D eigenvalue weighted by atomic mass is 32.1. The van der Waals surface area contributed by atoms with Gasteiger partial charge in [-0.2, -0.15) is 0 Å². The third-order valence-corrected chi connectivity index (χ3v) is 4.54. The first-order valence-corrected chi connectivity index (χ1v) is 8.20. The molecule has 6 heteroatoms. The molecule has 22 heavy (non-hydrogen) atoms. The van der Waals surface area contributed by atoms with E-state index in [1.165, 1.54) is 18.7 Å². The number of rotatable bonds is 4. The van der Waals surface area contributed by atoms with Crippen LogP contribution in [-0.2, 0) is 19.1 Å². The van der Waals surface area contributed by atoms with Crippen molar-refractivity contribution < 1.29 is 19.1 Å². The van der Waals surface area contributed by atoms with E-state index in [0.29, 0.717) is 0 Å². The van der Waals surface area contributed by atoms with Gasteiger partial charge in [-0.25, -0.2) is 0 Å². The molecule has 2 aromatic rings. The number of hydrogen-bond acceptors (Lipinski definition) is 6. The Balaban J connectivity index is 2.07. The molecule has 0 amide bonds. The molecule has 2 aromatic heterocycles. The topological polar surface area (TPSA) is 52.6 Å². The molecule has 0 saturated carbocycles. The first kappa shape index (κ1) is 16.3. The van der Waals surface area contributed by atoms with Crippen LogP contribution in [0.15, 0.2) is 29.6 Å². The summed E-state index contributed by atoms with van der Waals surface area (Å²) in [5, 5.41) is 2.02. The number of ether oxygens (including phenoxy) is 2. The fraction of sp³-hybridized carbons (Fsp3) is 0.250. The molecule has 2 rings (SSSR count). The molecule has 0 N–H and O–H groups in total. The van der Waals surface area contributed by atoms with Gasteiger partial charge in [-0.05, 0) is 29.5 Å². The smallest absolute Gasteiger partial charge is 0.303 e. The number of carbonyl (C=O) groups excluding carboxylic acids is 2. The molecule has 0 aliphatic carbocycles. The Bertz CT molecular complexity index is 704. The lowest BCUT2D eigenvalue weighted by molar-refractivity contribution is -0.152. The largest absolute Gasteiger partial charge is 0.461 e. The third kappa shape index (κ3) is 5.02. The fourth-order valence-corrected chi connectivity index (χ4v) is 3.31.